The largest absolute Gasteiger partial charge is 0.483 e. The van der Waals surface area contributed by atoms with Gasteiger partial charge < -0.3 is 15.0 Å². The zero-order valence-electron chi connectivity index (χ0n) is 16.7. The van der Waals surface area contributed by atoms with Gasteiger partial charge in [-0.25, -0.2) is 0 Å². The summed E-state index contributed by atoms with van der Waals surface area (Å²) in [6, 6.07) is 13.0. The van der Waals surface area contributed by atoms with Gasteiger partial charge in [0, 0.05) is 13.1 Å². The summed E-state index contributed by atoms with van der Waals surface area (Å²) in [6.45, 7) is 5.43. The van der Waals surface area contributed by atoms with Crippen LogP contribution in [0.5, 0.6) is 5.75 Å². The van der Waals surface area contributed by atoms with Crippen molar-refractivity contribution >= 4 is 17.5 Å². The third-order valence-electron chi connectivity index (χ3n) is 5.24. The van der Waals surface area contributed by atoms with Gasteiger partial charge in [0.1, 0.15) is 5.75 Å². The number of ether oxygens (including phenoxy) is 1. The Balaban J connectivity index is 1.66. The fraction of sp³-hybridized carbons (Fsp3) is 0.391. The lowest BCUT2D eigenvalue weighted by molar-refractivity contribution is -0.118. The lowest BCUT2D eigenvalue weighted by atomic mass is 10.1. The average molecular weight is 380 g/mol. The number of carbonyl (C=O) groups is 2. The molecule has 0 radical (unpaired) electrons. The van der Waals surface area contributed by atoms with Crippen molar-refractivity contribution in [2.24, 2.45) is 0 Å². The smallest absolute Gasteiger partial charge is 0.262 e. The van der Waals surface area contributed by atoms with E-state index >= 15 is 0 Å². The highest BCUT2D eigenvalue weighted by molar-refractivity contribution is 6.04. The molecule has 1 saturated heterocycles. The van der Waals surface area contributed by atoms with Gasteiger partial charge in [-0.15, -0.1) is 0 Å². The van der Waals surface area contributed by atoms with Crippen molar-refractivity contribution in [3.63, 3.8) is 0 Å². The number of hydrogen-bond acceptors (Lipinski definition) is 3. The summed E-state index contributed by atoms with van der Waals surface area (Å²) in [5.74, 6) is 0.398. The van der Waals surface area contributed by atoms with Gasteiger partial charge in [-0.1, -0.05) is 37.1 Å². The van der Waals surface area contributed by atoms with Crippen LogP contribution in [0.15, 0.2) is 42.5 Å². The van der Waals surface area contributed by atoms with Gasteiger partial charge in [0.25, 0.3) is 11.8 Å². The number of nitrogens with one attached hydrogen (secondary N) is 1. The van der Waals surface area contributed by atoms with Crippen molar-refractivity contribution in [2.75, 3.05) is 25.0 Å². The first-order valence-electron chi connectivity index (χ1n) is 9.93. The number of benzene rings is 2. The van der Waals surface area contributed by atoms with Crippen LogP contribution in [-0.4, -0.2) is 36.4 Å². The van der Waals surface area contributed by atoms with Crippen LogP contribution in [0, 0.1) is 13.8 Å². The molecule has 0 aliphatic carbocycles. The minimum atomic E-state index is -0.281. The van der Waals surface area contributed by atoms with Crippen LogP contribution in [0.25, 0.3) is 0 Å². The molecule has 0 unspecified atom stereocenters. The maximum atomic E-state index is 13.0. The number of amides is 2. The highest BCUT2D eigenvalue weighted by Gasteiger charge is 2.20. The molecule has 5 nitrogen and oxygen atoms in total. The third-order valence-corrected chi connectivity index (χ3v) is 5.24. The van der Waals surface area contributed by atoms with Crippen molar-refractivity contribution in [3.05, 3.63) is 59.2 Å². The Bertz CT molecular complexity index is 839. The molecule has 0 bridgehead atoms. The normalized spacial score (nSPS) is 14.3. The first kappa shape index (κ1) is 19.9. The minimum Gasteiger partial charge on any atom is -0.483 e. The maximum absolute atomic E-state index is 13.0. The Hall–Kier alpha value is -2.82. The van der Waals surface area contributed by atoms with Gasteiger partial charge in [-0.05, 0) is 56.0 Å². The Morgan fingerprint density at radius 1 is 0.964 bits per heavy atom. The topological polar surface area (TPSA) is 58.6 Å². The number of nitrogens with zero attached hydrogens (tertiary/aromatic N) is 1. The Kier molecular flexibility index (Phi) is 6.69. The molecule has 1 N–H and O–H groups in total. The Morgan fingerprint density at radius 2 is 1.68 bits per heavy atom. The monoisotopic (exact) mass is 380 g/mol. The SMILES string of the molecule is Cc1cccc(OCC(=O)Nc2ccccc2C(=O)N2CCCCCC2)c1C. The van der Waals surface area contributed by atoms with Gasteiger partial charge in [0.2, 0.25) is 0 Å². The van der Waals surface area contributed by atoms with E-state index in [1.165, 1.54) is 0 Å². The van der Waals surface area contributed by atoms with E-state index in [2.05, 4.69) is 5.32 Å². The molecule has 1 heterocycles. The first-order chi connectivity index (χ1) is 13.6. The number of likely N-dealkylation sites (tertiary alicyclic amines) is 1. The fourth-order valence-electron chi connectivity index (χ4n) is 3.43. The number of aryl methyl sites for hydroxylation is 1. The number of para-hydroxylation sites is 1. The van der Waals surface area contributed by atoms with E-state index in [0.29, 0.717) is 17.0 Å². The van der Waals surface area contributed by atoms with E-state index in [1.807, 2.05) is 49.1 Å². The molecule has 2 aromatic carbocycles. The maximum Gasteiger partial charge on any atom is 0.262 e. The number of hydrogen-bond donors (Lipinski definition) is 1. The van der Waals surface area contributed by atoms with Gasteiger partial charge >= 0.3 is 0 Å². The van der Waals surface area contributed by atoms with Crippen molar-refractivity contribution in [1.82, 2.24) is 4.90 Å². The summed E-state index contributed by atoms with van der Waals surface area (Å²) in [7, 11) is 0. The highest BCUT2D eigenvalue weighted by Crippen LogP contribution is 2.22. The minimum absolute atomic E-state index is 0.0201. The molecule has 2 aromatic rings. The van der Waals surface area contributed by atoms with Gasteiger partial charge in [0.05, 0.1) is 11.3 Å². The summed E-state index contributed by atoms with van der Waals surface area (Å²) in [4.78, 5) is 27.3. The number of carbonyl (C=O) groups excluding carboxylic acids is 2. The predicted octanol–water partition coefficient (Wildman–Crippen LogP) is 4.34. The van der Waals surface area contributed by atoms with E-state index in [-0.39, 0.29) is 18.4 Å². The second-order valence-corrected chi connectivity index (χ2v) is 7.29. The molecule has 0 spiro atoms. The van der Waals surface area contributed by atoms with Gasteiger partial charge in [-0.2, -0.15) is 0 Å². The number of rotatable bonds is 5. The number of anilines is 1. The van der Waals surface area contributed by atoms with Crippen LogP contribution >= 0.6 is 0 Å². The molecule has 0 aromatic heterocycles. The summed E-state index contributed by atoms with van der Waals surface area (Å²) in [5.41, 5.74) is 3.20. The zero-order valence-corrected chi connectivity index (χ0v) is 16.7. The summed E-state index contributed by atoms with van der Waals surface area (Å²) >= 11 is 0. The van der Waals surface area contributed by atoms with Gasteiger partial charge in [0.15, 0.2) is 6.61 Å². The molecule has 0 saturated carbocycles. The quantitative estimate of drug-likeness (QED) is 0.840. The van der Waals surface area contributed by atoms with E-state index < -0.39 is 0 Å². The molecule has 5 heteroatoms. The van der Waals surface area contributed by atoms with E-state index in [1.54, 1.807) is 12.1 Å². The molecular formula is C23H28N2O3. The van der Waals surface area contributed by atoms with E-state index in [4.69, 9.17) is 4.74 Å². The Morgan fingerprint density at radius 3 is 2.43 bits per heavy atom. The molecule has 0 atom stereocenters. The highest BCUT2D eigenvalue weighted by atomic mass is 16.5. The standard InChI is InChI=1S/C23H28N2O3/c1-17-10-9-13-21(18(17)2)28-16-22(26)24-20-12-6-5-11-19(20)23(27)25-14-7-3-4-8-15-25/h5-6,9-13H,3-4,7-8,14-16H2,1-2H3,(H,24,26). The molecule has 1 aliphatic rings. The van der Waals surface area contributed by atoms with Crippen molar-refractivity contribution in [3.8, 4) is 5.75 Å². The van der Waals surface area contributed by atoms with Crippen molar-refractivity contribution in [1.29, 1.82) is 0 Å². The molecule has 1 aliphatic heterocycles. The summed E-state index contributed by atoms with van der Waals surface area (Å²) in [5, 5.41) is 2.84. The molecule has 28 heavy (non-hydrogen) atoms. The van der Waals surface area contributed by atoms with Crippen LogP contribution in [0.1, 0.15) is 47.2 Å². The predicted molar refractivity (Wildman–Crippen MR) is 111 cm³/mol. The van der Waals surface area contributed by atoms with Crippen molar-refractivity contribution < 1.29 is 14.3 Å². The van der Waals surface area contributed by atoms with Crippen LogP contribution in [0.4, 0.5) is 5.69 Å². The molecule has 3 rings (SSSR count). The third kappa shape index (κ3) is 4.91. The van der Waals surface area contributed by atoms with Crippen LogP contribution in [0.2, 0.25) is 0 Å². The Labute approximate surface area is 166 Å². The van der Waals surface area contributed by atoms with Crippen LogP contribution in [-0.2, 0) is 4.79 Å². The van der Waals surface area contributed by atoms with Crippen LogP contribution < -0.4 is 10.1 Å². The van der Waals surface area contributed by atoms with Crippen LogP contribution in [0.3, 0.4) is 0 Å². The lowest BCUT2D eigenvalue weighted by Crippen LogP contribution is -2.33. The lowest BCUT2D eigenvalue weighted by Gasteiger charge is -2.22. The first-order valence-corrected chi connectivity index (χ1v) is 9.93. The van der Waals surface area contributed by atoms with E-state index in [0.717, 1.165) is 49.9 Å². The second-order valence-electron chi connectivity index (χ2n) is 7.29. The summed E-state index contributed by atoms with van der Waals surface area (Å²) in [6.07, 6.45) is 4.39. The molecular weight excluding hydrogens is 352 g/mol. The van der Waals surface area contributed by atoms with E-state index in [9.17, 15) is 9.59 Å². The second kappa shape index (κ2) is 9.40. The van der Waals surface area contributed by atoms with Gasteiger partial charge in [-0.3, -0.25) is 9.59 Å². The zero-order chi connectivity index (χ0) is 19.9. The molecule has 148 valence electrons. The van der Waals surface area contributed by atoms with Crippen molar-refractivity contribution in [2.45, 2.75) is 39.5 Å². The fourth-order valence-corrected chi connectivity index (χ4v) is 3.43. The summed E-state index contributed by atoms with van der Waals surface area (Å²) < 4.78 is 5.68. The average Bonchev–Trinajstić information content (AvgIpc) is 2.98. The molecule has 1 fully saturated rings. The molecule has 2 amide bonds.